The molecule has 5 rings (SSSR count). The van der Waals surface area contributed by atoms with Crippen LogP contribution in [0.2, 0.25) is 0 Å². The zero-order valence-corrected chi connectivity index (χ0v) is 27.7. The van der Waals surface area contributed by atoms with Gasteiger partial charge in [-0.15, -0.1) is 0 Å². The molecule has 0 aromatic heterocycles. The molecule has 0 radical (unpaired) electrons. The minimum Gasteiger partial charge on any atom is -0.507 e. The molecule has 1 aliphatic heterocycles. The third-order valence-corrected chi connectivity index (χ3v) is 10.6. The molecule has 1 heterocycles. The van der Waals surface area contributed by atoms with Crippen LogP contribution in [0.5, 0.6) is 17.2 Å². The van der Waals surface area contributed by atoms with E-state index in [0.717, 1.165) is 0 Å². The summed E-state index contributed by atoms with van der Waals surface area (Å²) in [4.78, 5) is 40.2. The largest absolute Gasteiger partial charge is 0.507 e. The summed E-state index contributed by atoms with van der Waals surface area (Å²) in [5, 5.41) is 34.6. The van der Waals surface area contributed by atoms with E-state index in [9.17, 15) is 34.3 Å². The molecule has 1 fully saturated rings. The Hall–Kier alpha value is -3.20. The first-order chi connectivity index (χ1) is 22.2. The van der Waals surface area contributed by atoms with Crippen molar-refractivity contribution in [1.82, 2.24) is 0 Å². The number of nitrogens with two attached hydrogens (primary N) is 1. The second-order valence-corrected chi connectivity index (χ2v) is 13.8. The van der Waals surface area contributed by atoms with Crippen LogP contribution in [0.25, 0.3) is 0 Å². The van der Waals surface area contributed by atoms with Crippen LogP contribution < -0.4 is 10.5 Å². The number of fused-ring (bicyclic) bond motifs is 3. The van der Waals surface area contributed by atoms with E-state index < -0.39 is 90.2 Å². The summed E-state index contributed by atoms with van der Waals surface area (Å²) in [6.07, 6.45) is -4.92. The van der Waals surface area contributed by atoms with E-state index in [1.165, 1.54) is 32.2 Å². The maximum atomic E-state index is 13.8. The lowest BCUT2D eigenvalue weighted by atomic mass is 9.72. The number of carbonyl (C=O) groups is 3. The molecule has 2 aromatic rings. The number of aromatic hydroxyl groups is 2. The van der Waals surface area contributed by atoms with E-state index in [-0.39, 0.29) is 60.4 Å². The maximum Gasteiger partial charge on any atom is 0.356 e. The van der Waals surface area contributed by atoms with E-state index in [4.69, 9.17) is 33.7 Å². The highest BCUT2D eigenvalue weighted by atomic mass is 31.2. The summed E-state index contributed by atoms with van der Waals surface area (Å²) in [7, 11) is -2.20. The fourth-order valence-electron chi connectivity index (χ4n) is 6.59. The van der Waals surface area contributed by atoms with Crippen molar-refractivity contribution in [3.8, 4) is 17.2 Å². The minimum atomic E-state index is -3.53. The van der Waals surface area contributed by atoms with Gasteiger partial charge in [-0.05, 0) is 33.8 Å². The summed E-state index contributed by atoms with van der Waals surface area (Å²) in [6.45, 7) is 6.51. The molecule has 3 aliphatic rings. The lowest BCUT2D eigenvalue weighted by molar-refractivity contribution is -0.251. The van der Waals surface area contributed by atoms with Crippen molar-refractivity contribution in [2.24, 2.45) is 5.73 Å². The number of hydrogen-bond acceptors (Lipinski definition) is 14. The number of hydrogen-bond donors (Lipinski definition) is 4. The Morgan fingerprint density at radius 1 is 1.09 bits per heavy atom. The summed E-state index contributed by atoms with van der Waals surface area (Å²) >= 11 is 0. The molecule has 1 saturated heterocycles. The van der Waals surface area contributed by atoms with Crippen molar-refractivity contribution < 1.29 is 62.3 Å². The van der Waals surface area contributed by atoms with Gasteiger partial charge in [0.2, 0.25) is 5.78 Å². The normalized spacial score (nSPS) is 27.2. The molecular weight excluding hydrogens is 637 g/mol. The fraction of sp³-hybridized carbons (Fsp3) is 0.531. The zero-order chi connectivity index (χ0) is 34.4. The molecule has 2 aliphatic carbocycles. The summed E-state index contributed by atoms with van der Waals surface area (Å²) in [5.41, 5.74) is 3.23. The van der Waals surface area contributed by atoms with Crippen LogP contribution in [0.4, 0.5) is 0 Å². The predicted octanol–water partition coefficient (Wildman–Crippen LogP) is 3.28. The van der Waals surface area contributed by atoms with E-state index in [0.29, 0.717) is 0 Å². The Kier molecular flexibility index (Phi) is 9.99. The van der Waals surface area contributed by atoms with E-state index in [1.807, 2.05) is 0 Å². The molecular formula is C32H40NO13P. The van der Waals surface area contributed by atoms with E-state index in [1.54, 1.807) is 20.8 Å². The van der Waals surface area contributed by atoms with Gasteiger partial charge in [-0.1, -0.05) is 12.1 Å². The van der Waals surface area contributed by atoms with Crippen molar-refractivity contribution in [2.75, 3.05) is 26.7 Å². The van der Waals surface area contributed by atoms with Crippen LogP contribution in [-0.4, -0.2) is 89.5 Å². The van der Waals surface area contributed by atoms with Crippen molar-refractivity contribution in [3.05, 3.63) is 51.6 Å². The van der Waals surface area contributed by atoms with Gasteiger partial charge in [-0.2, -0.15) is 0 Å². The highest BCUT2D eigenvalue weighted by molar-refractivity contribution is 7.53. The van der Waals surface area contributed by atoms with Gasteiger partial charge in [-0.3, -0.25) is 18.9 Å². The molecule has 6 atom stereocenters. The van der Waals surface area contributed by atoms with Crippen LogP contribution in [0.1, 0.15) is 89.6 Å². The van der Waals surface area contributed by atoms with Crippen LogP contribution in [-0.2, 0) is 39.0 Å². The van der Waals surface area contributed by atoms with Crippen LogP contribution >= 0.6 is 7.60 Å². The highest BCUT2D eigenvalue weighted by Crippen LogP contribution is 2.53. The summed E-state index contributed by atoms with van der Waals surface area (Å²) in [5.74, 6) is -3.30. The average Bonchev–Trinajstić information content (AvgIpc) is 3.00. The van der Waals surface area contributed by atoms with Gasteiger partial charge in [0.15, 0.2) is 17.9 Å². The Bertz CT molecular complexity index is 1620. The van der Waals surface area contributed by atoms with Crippen molar-refractivity contribution >= 4 is 24.9 Å². The molecule has 14 nitrogen and oxygen atoms in total. The quantitative estimate of drug-likeness (QED) is 0.170. The third-order valence-electron chi connectivity index (χ3n) is 8.84. The number of Topliss-reactive ketones (excluding diaryl/α,β-unsaturated/α-hetero) is 1. The van der Waals surface area contributed by atoms with Crippen LogP contribution in [0.3, 0.4) is 0 Å². The van der Waals surface area contributed by atoms with Gasteiger partial charge in [0.1, 0.15) is 29.2 Å². The number of carbonyl (C=O) groups excluding carboxylic acids is 3. The number of phenolic OH excluding ortho intramolecular Hbond substituents is 2. The monoisotopic (exact) mass is 677 g/mol. The number of methoxy groups -OCH3 is 1. The molecule has 15 heteroatoms. The number of benzene rings is 2. The molecule has 2 aromatic carbocycles. The highest BCUT2D eigenvalue weighted by Gasteiger charge is 2.49. The second kappa shape index (κ2) is 13.4. The number of ketones is 3. The molecule has 47 heavy (non-hydrogen) atoms. The minimum absolute atomic E-state index is 0.0313. The SMILES string of the molecule is CCOP(=O)(CO[C@@H]1[C@H](C)O[C@@H](O[C@H]2C[C@](O)(C(C)=O)Cc3c(O)c4c(c(O)c32)C(=O)c2c(OC)cccc2C4=O)C[C@@H]1N)OCC. The van der Waals surface area contributed by atoms with Crippen molar-refractivity contribution in [2.45, 2.75) is 83.2 Å². The topological polar surface area (TPSA) is 210 Å². The van der Waals surface area contributed by atoms with E-state index >= 15 is 0 Å². The smallest absolute Gasteiger partial charge is 0.356 e. The van der Waals surface area contributed by atoms with Crippen LogP contribution in [0.15, 0.2) is 18.2 Å². The van der Waals surface area contributed by atoms with Gasteiger partial charge < -0.3 is 49.0 Å². The number of aliphatic hydroxyl groups is 1. The fourth-order valence-corrected chi connectivity index (χ4v) is 7.96. The van der Waals surface area contributed by atoms with Crippen molar-refractivity contribution in [3.63, 3.8) is 0 Å². The Morgan fingerprint density at radius 2 is 1.74 bits per heavy atom. The Balaban J connectivity index is 1.49. The first kappa shape index (κ1) is 35.1. The number of phenols is 2. The lowest BCUT2D eigenvalue weighted by Gasteiger charge is -2.43. The molecule has 0 amide bonds. The maximum absolute atomic E-state index is 13.8. The first-order valence-corrected chi connectivity index (χ1v) is 17.1. The molecule has 0 unspecified atom stereocenters. The molecule has 0 bridgehead atoms. The van der Waals surface area contributed by atoms with Crippen molar-refractivity contribution in [1.29, 1.82) is 0 Å². The third kappa shape index (κ3) is 6.25. The average molecular weight is 678 g/mol. The number of rotatable bonds is 11. The Labute approximate surface area is 271 Å². The number of ether oxygens (including phenoxy) is 4. The molecule has 0 saturated carbocycles. The van der Waals surface area contributed by atoms with E-state index in [2.05, 4.69) is 0 Å². The van der Waals surface area contributed by atoms with Gasteiger partial charge >= 0.3 is 7.60 Å². The molecule has 0 spiro atoms. The van der Waals surface area contributed by atoms with Crippen LogP contribution in [0, 0.1) is 0 Å². The lowest BCUT2D eigenvalue weighted by Crippen LogP contribution is -2.54. The standard InChI is InChI=1S/C32H40NO13P/c1-6-43-47(40,44-7-2)14-42-31-15(3)45-22(11-19(31)33)46-21-13-32(39,16(4)34)12-18-24(21)30(38)26-25(28(18)36)27(35)17-9-8-10-20(41-5)23(17)29(26)37/h8-10,15,19,21-22,31,36,38-39H,6-7,11-14,33H2,1-5H3/t15-,19-,21-,22-,31+,32-/m0/s1. The van der Waals surface area contributed by atoms with Gasteiger partial charge in [0.05, 0.1) is 55.3 Å². The Morgan fingerprint density at radius 3 is 2.34 bits per heavy atom. The van der Waals surface area contributed by atoms with Gasteiger partial charge in [-0.25, -0.2) is 0 Å². The predicted molar refractivity (Wildman–Crippen MR) is 165 cm³/mol. The van der Waals surface area contributed by atoms with Gasteiger partial charge in [0, 0.05) is 42.0 Å². The van der Waals surface area contributed by atoms with Gasteiger partial charge in [0.25, 0.3) is 0 Å². The molecule has 5 N–H and O–H groups in total. The molecule has 256 valence electrons. The second-order valence-electron chi connectivity index (χ2n) is 11.9. The summed E-state index contributed by atoms with van der Waals surface area (Å²) < 4.78 is 47.0. The summed E-state index contributed by atoms with van der Waals surface area (Å²) in [6, 6.07) is 3.72. The first-order valence-electron chi connectivity index (χ1n) is 15.4. The zero-order valence-electron chi connectivity index (χ0n) is 26.8.